The number of carbonyl (C=O) groups is 1. The maximum absolute atomic E-state index is 12.2. The van der Waals surface area contributed by atoms with Crippen molar-refractivity contribution in [2.45, 2.75) is 31.7 Å². The van der Waals surface area contributed by atoms with E-state index in [2.05, 4.69) is 21.0 Å². The van der Waals surface area contributed by atoms with Gasteiger partial charge in [0.15, 0.2) is 0 Å². The van der Waals surface area contributed by atoms with Crippen LogP contribution in [0.2, 0.25) is 0 Å². The van der Waals surface area contributed by atoms with Gasteiger partial charge in [0.25, 0.3) is 0 Å². The molecule has 2 aromatic rings. The van der Waals surface area contributed by atoms with E-state index in [4.69, 9.17) is 5.26 Å². The second-order valence-electron chi connectivity index (χ2n) is 6.08. The molecular weight excluding hydrogens is 290 g/mol. The van der Waals surface area contributed by atoms with Crippen LogP contribution in [-0.4, -0.2) is 38.3 Å². The molecule has 2 aromatic heterocycles. The molecule has 3 heterocycles. The molecule has 1 saturated heterocycles. The highest BCUT2D eigenvalue weighted by molar-refractivity contribution is 5.89. The Labute approximate surface area is 133 Å². The van der Waals surface area contributed by atoms with Crippen molar-refractivity contribution in [1.29, 1.82) is 5.26 Å². The van der Waals surface area contributed by atoms with Crippen molar-refractivity contribution < 1.29 is 4.79 Å². The monoisotopic (exact) mass is 307 g/mol. The summed E-state index contributed by atoms with van der Waals surface area (Å²) in [4.78, 5) is 26.0. The molecule has 1 aliphatic heterocycles. The fourth-order valence-electron chi connectivity index (χ4n) is 3.99. The summed E-state index contributed by atoms with van der Waals surface area (Å²) in [6.45, 7) is 0.731. The average molecular weight is 307 g/mol. The molecule has 0 saturated carbocycles. The minimum Gasteiger partial charge on any atom is -0.346 e. The molecule has 0 aromatic carbocycles. The van der Waals surface area contributed by atoms with Crippen molar-refractivity contribution in [2.75, 3.05) is 6.54 Å². The first-order valence-corrected chi connectivity index (χ1v) is 7.94. The van der Waals surface area contributed by atoms with Crippen molar-refractivity contribution >= 4 is 22.5 Å². The SMILES string of the molecule is N#CCC(=O)N1CCC2C(c3ncnc4[nH]ccc34)=CCCC21. The van der Waals surface area contributed by atoms with Gasteiger partial charge in [-0.25, -0.2) is 9.97 Å². The third-order valence-electron chi connectivity index (χ3n) is 4.95. The standard InChI is InChI=1S/C17H17N5O/c18-7-4-15(23)22-9-6-11-12(2-1-3-14(11)22)16-13-5-8-19-17(13)21-10-20-16/h2,5,8,10-11,14H,1,3-4,6,9H2,(H,19,20,21). The lowest BCUT2D eigenvalue weighted by Gasteiger charge is -2.32. The molecule has 1 N–H and O–H groups in total. The average Bonchev–Trinajstić information content (AvgIpc) is 3.21. The topological polar surface area (TPSA) is 85.7 Å². The molecule has 23 heavy (non-hydrogen) atoms. The Morgan fingerprint density at radius 3 is 3.22 bits per heavy atom. The van der Waals surface area contributed by atoms with E-state index in [-0.39, 0.29) is 18.4 Å². The van der Waals surface area contributed by atoms with Gasteiger partial charge in [-0.15, -0.1) is 0 Å². The summed E-state index contributed by atoms with van der Waals surface area (Å²) in [5.41, 5.74) is 3.04. The fraction of sp³-hybridized carbons (Fsp3) is 0.412. The first-order valence-electron chi connectivity index (χ1n) is 7.94. The van der Waals surface area contributed by atoms with Crippen LogP contribution in [0.5, 0.6) is 0 Å². The Morgan fingerprint density at radius 2 is 2.35 bits per heavy atom. The quantitative estimate of drug-likeness (QED) is 0.922. The van der Waals surface area contributed by atoms with E-state index >= 15 is 0 Å². The number of rotatable bonds is 2. The zero-order valence-corrected chi connectivity index (χ0v) is 12.7. The number of hydrogen-bond acceptors (Lipinski definition) is 4. The van der Waals surface area contributed by atoms with Gasteiger partial charge in [-0.3, -0.25) is 4.79 Å². The molecular formula is C17H17N5O. The molecule has 6 nitrogen and oxygen atoms in total. The van der Waals surface area contributed by atoms with Gasteiger partial charge in [0, 0.05) is 30.1 Å². The van der Waals surface area contributed by atoms with Crippen LogP contribution in [0.1, 0.15) is 31.4 Å². The molecule has 2 unspecified atom stereocenters. The van der Waals surface area contributed by atoms with E-state index in [1.54, 1.807) is 6.33 Å². The zero-order chi connectivity index (χ0) is 15.8. The number of carbonyl (C=O) groups excluding carboxylic acids is 1. The molecule has 116 valence electrons. The number of aromatic nitrogens is 3. The number of amides is 1. The number of hydrogen-bond donors (Lipinski definition) is 1. The van der Waals surface area contributed by atoms with Crippen LogP contribution in [0.25, 0.3) is 16.6 Å². The Bertz CT molecular complexity index is 831. The van der Waals surface area contributed by atoms with Gasteiger partial charge in [0.2, 0.25) is 5.91 Å². The Hall–Kier alpha value is -2.68. The molecule has 1 aliphatic carbocycles. The van der Waals surface area contributed by atoms with Crippen molar-refractivity contribution in [3.05, 3.63) is 30.4 Å². The molecule has 1 amide bonds. The van der Waals surface area contributed by atoms with Crippen LogP contribution in [0.15, 0.2) is 24.7 Å². The summed E-state index contributed by atoms with van der Waals surface area (Å²) in [5, 5.41) is 9.82. The summed E-state index contributed by atoms with van der Waals surface area (Å²) in [5.74, 6) is 0.259. The number of allylic oxidation sites excluding steroid dienone is 1. The van der Waals surface area contributed by atoms with Crippen molar-refractivity contribution in [3.8, 4) is 6.07 Å². The Kier molecular flexibility index (Phi) is 3.34. The maximum atomic E-state index is 12.2. The number of aromatic amines is 1. The highest BCUT2D eigenvalue weighted by Crippen LogP contribution is 2.42. The summed E-state index contributed by atoms with van der Waals surface area (Å²) in [6.07, 6.45) is 8.53. The van der Waals surface area contributed by atoms with Crippen LogP contribution in [0.4, 0.5) is 0 Å². The predicted octanol–water partition coefficient (Wildman–Crippen LogP) is 2.27. The normalized spacial score (nSPS) is 23.4. The van der Waals surface area contributed by atoms with Crippen molar-refractivity contribution in [3.63, 3.8) is 0 Å². The van der Waals surface area contributed by atoms with Crippen LogP contribution < -0.4 is 0 Å². The molecule has 0 radical (unpaired) electrons. The first kappa shape index (κ1) is 13.9. The number of H-pyrrole nitrogens is 1. The zero-order valence-electron chi connectivity index (χ0n) is 12.7. The van der Waals surface area contributed by atoms with E-state index in [0.29, 0.717) is 5.92 Å². The molecule has 6 heteroatoms. The second-order valence-corrected chi connectivity index (χ2v) is 6.08. The summed E-state index contributed by atoms with van der Waals surface area (Å²) in [6, 6.07) is 4.17. The number of fused-ring (bicyclic) bond motifs is 2. The molecule has 2 atom stereocenters. The number of nitrogens with one attached hydrogen (secondary N) is 1. The van der Waals surface area contributed by atoms with Gasteiger partial charge in [0.05, 0.1) is 11.8 Å². The van der Waals surface area contributed by atoms with E-state index < -0.39 is 0 Å². The summed E-state index contributed by atoms with van der Waals surface area (Å²) >= 11 is 0. The lowest BCUT2D eigenvalue weighted by atomic mass is 9.81. The van der Waals surface area contributed by atoms with Crippen molar-refractivity contribution in [1.82, 2.24) is 19.9 Å². The van der Waals surface area contributed by atoms with Gasteiger partial charge >= 0.3 is 0 Å². The highest BCUT2D eigenvalue weighted by atomic mass is 16.2. The van der Waals surface area contributed by atoms with Crippen LogP contribution in [0, 0.1) is 17.2 Å². The molecule has 0 spiro atoms. The van der Waals surface area contributed by atoms with E-state index in [1.807, 2.05) is 23.2 Å². The van der Waals surface area contributed by atoms with Crippen LogP contribution in [-0.2, 0) is 4.79 Å². The molecule has 0 bridgehead atoms. The van der Waals surface area contributed by atoms with Crippen LogP contribution in [0.3, 0.4) is 0 Å². The van der Waals surface area contributed by atoms with Gasteiger partial charge in [-0.05, 0) is 30.9 Å². The van der Waals surface area contributed by atoms with Crippen LogP contribution >= 0.6 is 0 Å². The largest absolute Gasteiger partial charge is 0.346 e. The molecule has 4 rings (SSSR count). The molecule has 2 aliphatic rings. The Balaban J connectivity index is 1.69. The minimum atomic E-state index is -0.0456. The number of nitriles is 1. The van der Waals surface area contributed by atoms with Gasteiger partial charge in [-0.2, -0.15) is 5.26 Å². The highest BCUT2D eigenvalue weighted by Gasteiger charge is 2.40. The van der Waals surface area contributed by atoms with E-state index in [0.717, 1.165) is 42.5 Å². The first-order chi connectivity index (χ1) is 11.3. The Morgan fingerprint density at radius 1 is 1.43 bits per heavy atom. The second kappa shape index (κ2) is 5.51. The lowest BCUT2D eigenvalue weighted by Crippen LogP contribution is -2.39. The number of likely N-dealkylation sites (tertiary alicyclic amines) is 1. The summed E-state index contributed by atoms with van der Waals surface area (Å²) < 4.78 is 0. The maximum Gasteiger partial charge on any atom is 0.237 e. The smallest absolute Gasteiger partial charge is 0.237 e. The van der Waals surface area contributed by atoms with Gasteiger partial charge in [0.1, 0.15) is 18.4 Å². The lowest BCUT2D eigenvalue weighted by molar-refractivity contribution is -0.131. The van der Waals surface area contributed by atoms with E-state index in [9.17, 15) is 4.79 Å². The van der Waals surface area contributed by atoms with Gasteiger partial charge in [-0.1, -0.05) is 6.08 Å². The third-order valence-corrected chi connectivity index (χ3v) is 4.95. The third kappa shape index (κ3) is 2.20. The minimum absolute atomic E-state index is 0.0299. The predicted molar refractivity (Wildman–Crippen MR) is 84.9 cm³/mol. The summed E-state index contributed by atoms with van der Waals surface area (Å²) in [7, 11) is 0. The number of nitrogens with zero attached hydrogens (tertiary/aromatic N) is 4. The van der Waals surface area contributed by atoms with Crippen molar-refractivity contribution in [2.24, 2.45) is 5.92 Å². The van der Waals surface area contributed by atoms with Gasteiger partial charge < -0.3 is 9.88 Å². The fourth-order valence-corrected chi connectivity index (χ4v) is 3.99. The molecule has 1 fully saturated rings. The van der Waals surface area contributed by atoms with E-state index in [1.165, 1.54) is 5.57 Å².